The van der Waals surface area contributed by atoms with Crippen LogP contribution in [-0.2, 0) is 13.6 Å². The third kappa shape index (κ3) is 3.01. The van der Waals surface area contributed by atoms with Gasteiger partial charge < -0.3 is 9.47 Å². The standard InChI is InChI=1S/C17H19ClN6O/c1-22-14(9-12-3-2-4-13(18)16(12)22)17(25)24-7-5-23(6-8-24)10-15-19-11-20-21-15/h2-4,9,11H,5-8,10H2,1H3,(H,19,20,21). The number of aryl methyl sites for hydroxylation is 1. The van der Waals surface area contributed by atoms with Crippen LogP contribution in [0.25, 0.3) is 10.9 Å². The Hall–Kier alpha value is -2.38. The molecule has 7 nitrogen and oxygen atoms in total. The average Bonchev–Trinajstić information content (AvgIpc) is 3.24. The minimum atomic E-state index is 0.0501. The number of nitrogens with zero attached hydrogens (tertiary/aromatic N) is 5. The molecule has 25 heavy (non-hydrogen) atoms. The molecular weight excluding hydrogens is 340 g/mol. The summed E-state index contributed by atoms with van der Waals surface area (Å²) < 4.78 is 1.89. The number of rotatable bonds is 3. The van der Waals surface area contributed by atoms with Crippen molar-refractivity contribution in [1.29, 1.82) is 0 Å². The predicted octanol–water partition coefficient (Wildman–Crippen LogP) is 1.91. The van der Waals surface area contributed by atoms with Crippen molar-refractivity contribution < 1.29 is 4.79 Å². The summed E-state index contributed by atoms with van der Waals surface area (Å²) in [6.45, 7) is 3.75. The first-order valence-corrected chi connectivity index (χ1v) is 8.61. The summed E-state index contributed by atoms with van der Waals surface area (Å²) in [5, 5.41) is 8.39. The fraction of sp³-hybridized carbons (Fsp3) is 0.353. The van der Waals surface area contributed by atoms with Crippen LogP contribution in [0.5, 0.6) is 0 Å². The average molecular weight is 359 g/mol. The number of carbonyl (C=O) groups is 1. The lowest BCUT2D eigenvalue weighted by atomic mass is 10.2. The van der Waals surface area contributed by atoms with Gasteiger partial charge in [-0.1, -0.05) is 23.7 Å². The fourth-order valence-electron chi connectivity index (χ4n) is 3.36. The molecular formula is C17H19ClN6O. The van der Waals surface area contributed by atoms with E-state index >= 15 is 0 Å². The number of nitrogens with one attached hydrogen (secondary N) is 1. The van der Waals surface area contributed by atoms with Crippen LogP contribution in [0.2, 0.25) is 5.02 Å². The third-order valence-corrected chi connectivity index (χ3v) is 5.03. The van der Waals surface area contributed by atoms with E-state index in [-0.39, 0.29) is 5.91 Å². The molecule has 3 aromatic rings. The maximum atomic E-state index is 12.9. The van der Waals surface area contributed by atoms with E-state index in [9.17, 15) is 4.79 Å². The van der Waals surface area contributed by atoms with Crippen LogP contribution in [0.3, 0.4) is 0 Å². The monoisotopic (exact) mass is 358 g/mol. The quantitative estimate of drug-likeness (QED) is 0.776. The summed E-state index contributed by atoms with van der Waals surface area (Å²) in [5.41, 5.74) is 1.57. The Morgan fingerprint density at radius 1 is 1.28 bits per heavy atom. The molecule has 0 atom stereocenters. The van der Waals surface area contributed by atoms with E-state index in [1.807, 2.05) is 40.8 Å². The van der Waals surface area contributed by atoms with E-state index in [2.05, 4.69) is 20.1 Å². The smallest absolute Gasteiger partial charge is 0.270 e. The maximum absolute atomic E-state index is 12.9. The fourth-order valence-corrected chi connectivity index (χ4v) is 3.67. The van der Waals surface area contributed by atoms with Crippen molar-refractivity contribution >= 4 is 28.4 Å². The van der Waals surface area contributed by atoms with Crippen LogP contribution in [-0.4, -0.2) is 61.6 Å². The Balaban J connectivity index is 1.47. The number of para-hydroxylation sites is 1. The van der Waals surface area contributed by atoms with E-state index in [1.165, 1.54) is 6.33 Å². The SMILES string of the molecule is Cn1c(C(=O)N2CCN(Cc3ncn[nH]3)CC2)cc2cccc(Cl)c21. The van der Waals surface area contributed by atoms with Crippen LogP contribution >= 0.6 is 11.6 Å². The molecule has 1 fully saturated rings. The number of amides is 1. The lowest BCUT2D eigenvalue weighted by molar-refractivity contribution is 0.0617. The van der Waals surface area contributed by atoms with Crippen molar-refractivity contribution in [3.63, 3.8) is 0 Å². The number of piperazine rings is 1. The molecule has 0 aliphatic carbocycles. The molecule has 1 aliphatic rings. The van der Waals surface area contributed by atoms with Gasteiger partial charge in [-0.05, 0) is 12.1 Å². The second-order valence-electron chi connectivity index (χ2n) is 6.27. The maximum Gasteiger partial charge on any atom is 0.270 e. The zero-order valence-corrected chi connectivity index (χ0v) is 14.7. The van der Waals surface area contributed by atoms with Crippen LogP contribution in [0.4, 0.5) is 0 Å². The zero-order valence-electron chi connectivity index (χ0n) is 13.9. The second-order valence-corrected chi connectivity index (χ2v) is 6.67. The predicted molar refractivity (Wildman–Crippen MR) is 95.5 cm³/mol. The normalized spacial score (nSPS) is 15.8. The first-order valence-electron chi connectivity index (χ1n) is 8.23. The molecule has 1 aliphatic heterocycles. The molecule has 130 valence electrons. The van der Waals surface area contributed by atoms with Crippen molar-refractivity contribution in [2.45, 2.75) is 6.54 Å². The van der Waals surface area contributed by atoms with Gasteiger partial charge in [-0.3, -0.25) is 14.8 Å². The Morgan fingerprint density at radius 3 is 2.76 bits per heavy atom. The summed E-state index contributed by atoms with van der Waals surface area (Å²) in [6, 6.07) is 7.65. The van der Waals surface area contributed by atoms with Gasteiger partial charge in [-0.15, -0.1) is 0 Å². The highest BCUT2D eigenvalue weighted by atomic mass is 35.5. The van der Waals surface area contributed by atoms with Crippen molar-refractivity contribution in [1.82, 2.24) is 29.5 Å². The number of fused-ring (bicyclic) bond motifs is 1. The van der Waals surface area contributed by atoms with Crippen molar-refractivity contribution in [3.8, 4) is 0 Å². The van der Waals surface area contributed by atoms with E-state index in [1.54, 1.807) is 0 Å². The summed E-state index contributed by atoms with van der Waals surface area (Å²) in [5.74, 6) is 0.900. The lowest BCUT2D eigenvalue weighted by Crippen LogP contribution is -2.48. The molecule has 0 radical (unpaired) electrons. The van der Waals surface area contributed by atoms with Crippen LogP contribution in [0, 0.1) is 0 Å². The number of aromatic nitrogens is 4. The minimum Gasteiger partial charge on any atom is -0.338 e. The highest BCUT2D eigenvalue weighted by Gasteiger charge is 2.25. The first-order chi connectivity index (χ1) is 12.1. The molecule has 0 saturated carbocycles. The number of halogens is 1. The number of hydrogen-bond donors (Lipinski definition) is 1. The molecule has 1 saturated heterocycles. The molecule has 8 heteroatoms. The topological polar surface area (TPSA) is 70.1 Å². The summed E-state index contributed by atoms with van der Waals surface area (Å²) >= 11 is 6.29. The molecule has 0 bridgehead atoms. The second kappa shape index (κ2) is 6.50. The number of benzene rings is 1. The number of hydrogen-bond acceptors (Lipinski definition) is 4. The van der Waals surface area contributed by atoms with Gasteiger partial charge in [0.05, 0.1) is 17.1 Å². The summed E-state index contributed by atoms with van der Waals surface area (Å²) in [7, 11) is 1.89. The highest BCUT2D eigenvalue weighted by Crippen LogP contribution is 2.27. The van der Waals surface area contributed by atoms with Gasteiger partial charge >= 0.3 is 0 Å². The number of H-pyrrole nitrogens is 1. The Bertz CT molecular complexity index is 895. The molecule has 4 rings (SSSR count). The van der Waals surface area contributed by atoms with Gasteiger partial charge in [-0.2, -0.15) is 5.10 Å². The van der Waals surface area contributed by atoms with Crippen LogP contribution in [0.15, 0.2) is 30.6 Å². The Labute approximate surface area is 150 Å². The van der Waals surface area contributed by atoms with Gasteiger partial charge in [-0.25, -0.2) is 4.98 Å². The number of aromatic amines is 1. The first kappa shape index (κ1) is 16.1. The van der Waals surface area contributed by atoms with Crippen molar-refractivity contribution in [3.05, 3.63) is 47.1 Å². The minimum absolute atomic E-state index is 0.0501. The van der Waals surface area contributed by atoms with Crippen LogP contribution < -0.4 is 0 Å². The molecule has 1 N–H and O–H groups in total. The van der Waals surface area contributed by atoms with Crippen molar-refractivity contribution in [2.24, 2.45) is 7.05 Å². The molecule has 0 spiro atoms. The molecule has 1 aromatic carbocycles. The van der Waals surface area contributed by atoms with Crippen LogP contribution in [0.1, 0.15) is 16.3 Å². The largest absolute Gasteiger partial charge is 0.338 e. The van der Waals surface area contributed by atoms with Gasteiger partial charge in [0.25, 0.3) is 5.91 Å². The van der Waals surface area contributed by atoms with E-state index in [0.717, 1.165) is 36.4 Å². The van der Waals surface area contributed by atoms with E-state index in [4.69, 9.17) is 11.6 Å². The van der Waals surface area contributed by atoms with E-state index < -0.39 is 0 Å². The van der Waals surface area contributed by atoms with Gasteiger partial charge in [0, 0.05) is 38.6 Å². The highest BCUT2D eigenvalue weighted by molar-refractivity contribution is 6.35. The molecule has 0 unspecified atom stereocenters. The number of carbonyl (C=O) groups excluding carboxylic acids is 1. The molecule has 1 amide bonds. The van der Waals surface area contributed by atoms with E-state index in [0.29, 0.717) is 23.8 Å². The Kier molecular flexibility index (Phi) is 4.19. The van der Waals surface area contributed by atoms with Crippen molar-refractivity contribution in [2.75, 3.05) is 26.2 Å². The van der Waals surface area contributed by atoms with Gasteiger partial charge in [0.2, 0.25) is 0 Å². The van der Waals surface area contributed by atoms with Gasteiger partial charge in [0.1, 0.15) is 17.8 Å². The lowest BCUT2D eigenvalue weighted by Gasteiger charge is -2.34. The third-order valence-electron chi connectivity index (χ3n) is 4.72. The molecule has 2 aromatic heterocycles. The summed E-state index contributed by atoms with van der Waals surface area (Å²) in [4.78, 5) is 21.3. The molecule has 3 heterocycles. The summed E-state index contributed by atoms with van der Waals surface area (Å²) in [6.07, 6.45) is 1.51. The Morgan fingerprint density at radius 2 is 2.08 bits per heavy atom. The zero-order chi connectivity index (χ0) is 17.4. The van der Waals surface area contributed by atoms with Gasteiger partial charge in [0.15, 0.2) is 0 Å².